The van der Waals surface area contributed by atoms with E-state index in [0.717, 1.165) is 5.69 Å². The number of anilines is 2. The van der Waals surface area contributed by atoms with Crippen LogP contribution in [0.25, 0.3) is 22.0 Å². The van der Waals surface area contributed by atoms with Gasteiger partial charge in [-0.1, -0.05) is 6.07 Å². The SMILES string of the molecule is COc1ccc2c(c1F)-c1n[nH]c(=O)c3cccc(c13)N2. The highest BCUT2D eigenvalue weighted by atomic mass is 19.1. The Morgan fingerprint density at radius 1 is 1.19 bits per heavy atom. The second-order valence-electron chi connectivity index (χ2n) is 4.76. The van der Waals surface area contributed by atoms with Crippen LogP contribution >= 0.6 is 0 Å². The molecule has 0 radical (unpaired) electrons. The van der Waals surface area contributed by atoms with E-state index in [2.05, 4.69) is 15.5 Å². The van der Waals surface area contributed by atoms with Crippen LogP contribution < -0.4 is 15.6 Å². The number of nitrogens with zero attached hydrogens (tertiary/aromatic N) is 1. The molecular formula is C15H10FN3O2. The summed E-state index contributed by atoms with van der Waals surface area (Å²) in [6, 6.07) is 8.57. The van der Waals surface area contributed by atoms with Gasteiger partial charge < -0.3 is 10.1 Å². The van der Waals surface area contributed by atoms with Gasteiger partial charge in [0, 0.05) is 11.1 Å². The Kier molecular flexibility index (Phi) is 2.29. The number of nitrogens with one attached hydrogen (secondary N) is 2. The van der Waals surface area contributed by atoms with E-state index in [9.17, 15) is 9.18 Å². The number of benzene rings is 2. The molecule has 2 aromatic carbocycles. The molecule has 2 heterocycles. The van der Waals surface area contributed by atoms with Crippen LogP contribution in [0.5, 0.6) is 5.75 Å². The molecule has 0 fully saturated rings. The molecule has 5 nitrogen and oxygen atoms in total. The molecule has 6 heteroatoms. The van der Waals surface area contributed by atoms with E-state index in [4.69, 9.17) is 4.74 Å². The fourth-order valence-electron chi connectivity index (χ4n) is 2.70. The van der Waals surface area contributed by atoms with E-state index in [-0.39, 0.29) is 11.3 Å². The van der Waals surface area contributed by atoms with Crippen LogP contribution in [0.1, 0.15) is 0 Å². The second kappa shape index (κ2) is 4.05. The molecule has 1 aliphatic rings. The van der Waals surface area contributed by atoms with Crippen LogP contribution in [-0.4, -0.2) is 17.3 Å². The second-order valence-corrected chi connectivity index (χ2v) is 4.76. The van der Waals surface area contributed by atoms with Gasteiger partial charge in [0.25, 0.3) is 5.56 Å². The van der Waals surface area contributed by atoms with Crippen molar-refractivity contribution in [1.29, 1.82) is 0 Å². The number of hydrogen-bond acceptors (Lipinski definition) is 4. The smallest absolute Gasteiger partial charge is 0.272 e. The van der Waals surface area contributed by atoms with Gasteiger partial charge in [0.05, 0.1) is 23.7 Å². The van der Waals surface area contributed by atoms with Crippen molar-refractivity contribution in [3.63, 3.8) is 0 Å². The zero-order chi connectivity index (χ0) is 14.6. The van der Waals surface area contributed by atoms with Crippen molar-refractivity contribution in [3.05, 3.63) is 46.5 Å². The van der Waals surface area contributed by atoms with Gasteiger partial charge in [-0.15, -0.1) is 0 Å². The molecule has 1 aromatic heterocycles. The largest absolute Gasteiger partial charge is 0.494 e. The standard InChI is InChI=1S/C15H10FN3O2/c1-21-10-6-5-9-12(13(10)16)14-11-7(15(20)19-18-14)3-2-4-8(11)17-9/h2-6,17H,1H3,(H,19,20). The topological polar surface area (TPSA) is 67.0 Å². The lowest BCUT2D eigenvalue weighted by atomic mass is 9.97. The minimum Gasteiger partial charge on any atom is -0.494 e. The predicted molar refractivity (Wildman–Crippen MR) is 77.6 cm³/mol. The molecule has 4 rings (SSSR count). The maximum Gasteiger partial charge on any atom is 0.272 e. The summed E-state index contributed by atoms with van der Waals surface area (Å²) < 4.78 is 19.6. The van der Waals surface area contributed by atoms with Gasteiger partial charge in [-0.2, -0.15) is 5.10 Å². The highest BCUT2D eigenvalue weighted by Crippen LogP contribution is 2.44. The summed E-state index contributed by atoms with van der Waals surface area (Å²) in [7, 11) is 1.41. The van der Waals surface area contributed by atoms with Crippen molar-refractivity contribution in [2.75, 3.05) is 12.4 Å². The molecule has 0 unspecified atom stereocenters. The Balaban J connectivity index is 2.19. The summed E-state index contributed by atoms with van der Waals surface area (Å²) in [5, 5.41) is 10.7. The van der Waals surface area contributed by atoms with E-state index in [1.165, 1.54) is 7.11 Å². The van der Waals surface area contributed by atoms with E-state index < -0.39 is 5.82 Å². The van der Waals surface area contributed by atoms with Crippen molar-refractivity contribution >= 4 is 22.1 Å². The molecule has 0 aliphatic carbocycles. The van der Waals surface area contributed by atoms with Gasteiger partial charge >= 0.3 is 0 Å². The molecule has 21 heavy (non-hydrogen) atoms. The third-order valence-electron chi connectivity index (χ3n) is 3.65. The van der Waals surface area contributed by atoms with Crippen molar-refractivity contribution < 1.29 is 9.13 Å². The lowest BCUT2D eigenvalue weighted by Gasteiger charge is -2.21. The number of hydrogen-bond donors (Lipinski definition) is 2. The van der Waals surface area contributed by atoms with Crippen molar-refractivity contribution in [2.45, 2.75) is 0 Å². The fraction of sp³-hybridized carbons (Fsp3) is 0.0667. The van der Waals surface area contributed by atoms with Gasteiger partial charge in [0.2, 0.25) is 0 Å². The Hall–Kier alpha value is -2.89. The first-order valence-electron chi connectivity index (χ1n) is 6.36. The zero-order valence-corrected chi connectivity index (χ0v) is 11.0. The lowest BCUT2D eigenvalue weighted by Crippen LogP contribution is -2.14. The maximum atomic E-state index is 14.6. The van der Waals surface area contributed by atoms with Crippen LogP contribution in [-0.2, 0) is 0 Å². The van der Waals surface area contributed by atoms with Crippen LogP contribution in [0.3, 0.4) is 0 Å². The van der Waals surface area contributed by atoms with Crippen LogP contribution in [0.2, 0.25) is 0 Å². The molecule has 104 valence electrons. The van der Waals surface area contributed by atoms with Crippen molar-refractivity contribution in [1.82, 2.24) is 10.2 Å². The molecular weight excluding hydrogens is 273 g/mol. The number of aromatic amines is 1. The van der Waals surface area contributed by atoms with E-state index in [1.807, 2.05) is 6.07 Å². The van der Waals surface area contributed by atoms with Gasteiger partial charge in [-0.05, 0) is 24.3 Å². The molecule has 3 aromatic rings. The summed E-state index contributed by atoms with van der Waals surface area (Å²) in [4.78, 5) is 11.9. The summed E-state index contributed by atoms with van der Waals surface area (Å²) >= 11 is 0. The van der Waals surface area contributed by atoms with Crippen LogP contribution in [0.15, 0.2) is 35.1 Å². The molecule has 0 bridgehead atoms. The predicted octanol–water partition coefficient (Wildman–Crippen LogP) is 2.79. The van der Waals surface area contributed by atoms with Gasteiger partial charge in [-0.25, -0.2) is 9.49 Å². The van der Waals surface area contributed by atoms with Crippen LogP contribution in [0.4, 0.5) is 15.8 Å². The first-order chi connectivity index (χ1) is 10.2. The van der Waals surface area contributed by atoms with Crippen molar-refractivity contribution in [3.8, 4) is 17.0 Å². The molecule has 2 N–H and O–H groups in total. The highest BCUT2D eigenvalue weighted by molar-refractivity contribution is 6.09. The number of rotatable bonds is 1. The number of methoxy groups -OCH3 is 1. The van der Waals surface area contributed by atoms with Gasteiger partial charge in [-0.3, -0.25) is 4.79 Å². The zero-order valence-electron chi connectivity index (χ0n) is 11.0. The molecule has 0 saturated heterocycles. The Bertz CT molecular complexity index is 950. The van der Waals surface area contributed by atoms with E-state index in [0.29, 0.717) is 27.7 Å². The van der Waals surface area contributed by atoms with E-state index >= 15 is 0 Å². The third kappa shape index (κ3) is 1.50. The number of aromatic nitrogens is 2. The Morgan fingerprint density at radius 3 is 2.86 bits per heavy atom. The molecule has 0 atom stereocenters. The summed E-state index contributed by atoms with van der Waals surface area (Å²) in [5.74, 6) is -0.367. The normalized spacial score (nSPS) is 11.9. The Labute approximate surface area is 118 Å². The average molecular weight is 283 g/mol. The fourth-order valence-corrected chi connectivity index (χ4v) is 2.70. The Morgan fingerprint density at radius 2 is 2.05 bits per heavy atom. The summed E-state index contributed by atoms with van der Waals surface area (Å²) in [5.41, 5.74) is 1.73. The minimum atomic E-state index is -0.502. The van der Waals surface area contributed by atoms with Gasteiger partial charge in [0.15, 0.2) is 11.6 Å². The maximum absolute atomic E-state index is 14.6. The average Bonchev–Trinajstić information content (AvgIpc) is 2.50. The lowest BCUT2D eigenvalue weighted by molar-refractivity contribution is 0.387. The molecule has 0 amide bonds. The van der Waals surface area contributed by atoms with Crippen molar-refractivity contribution in [2.24, 2.45) is 0 Å². The minimum absolute atomic E-state index is 0.135. The quantitative estimate of drug-likeness (QED) is 0.563. The summed E-state index contributed by atoms with van der Waals surface area (Å²) in [6.45, 7) is 0. The monoisotopic (exact) mass is 283 g/mol. The van der Waals surface area contributed by atoms with E-state index in [1.54, 1.807) is 24.3 Å². The molecule has 0 saturated carbocycles. The number of ether oxygens (including phenoxy) is 1. The first-order valence-corrected chi connectivity index (χ1v) is 6.36. The number of fused-ring (bicyclic) bond motifs is 2. The van der Waals surface area contributed by atoms with Crippen LogP contribution in [0, 0.1) is 5.82 Å². The first kappa shape index (κ1) is 11.9. The highest BCUT2D eigenvalue weighted by Gasteiger charge is 2.25. The number of H-pyrrole nitrogens is 1. The van der Waals surface area contributed by atoms with Gasteiger partial charge in [0.1, 0.15) is 5.69 Å². The molecule has 0 spiro atoms. The number of halogens is 1. The molecule has 1 aliphatic heterocycles. The summed E-state index contributed by atoms with van der Waals surface area (Å²) in [6.07, 6.45) is 0. The third-order valence-corrected chi connectivity index (χ3v) is 3.65.